The number of benzene rings is 2. The Bertz CT molecular complexity index is 1170. The van der Waals surface area contributed by atoms with Crippen molar-refractivity contribution >= 4 is 26.9 Å². The topological polar surface area (TPSA) is 109 Å². The first kappa shape index (κ1) is 18.5. The zero-order chi connectivity index (χ0) is 18.4. The van der Waals surface area contributed by atoms with Crippen LogP contribution in [0, 0.1) is 11.3 Å². The Labute approximate surface area is 163 Å². The number of hydrogen-bond acceptors (Lipinski definition) is 6. The van der Waals surface area contributed by atoms with Gasteiger partial charge in [-0.05, 0) is 35.9 Å². The molecule has 1 unspecified atom stereocenters. The molecular formula is C20H15BrN2O4. The second kappa shape index (κ2) is 6.82. The SMILES string of the molecule is C.N#CC1=C(N)Oc2c(c(=O)oc3ccc(O)cc23)C1c1ccc(Br)cc1. The summed E-state index contributed by atoms with van der Waals surface area (Å²) in [5.74, 6) is -0.620. The van der Waals surface area contributed by atoms with Crippen molar-refractivity contribution in [3.05, 3.63) is 79.9 Å². The number of nitrogens with two attached hydrogens (primary N) is 1. The predicted octanol–water partition coefficient (Wildman–Crippen LogP) is 4.12. The number of halogens is 1. The Morgan fingerprint density at radius 3 is 2.56 bits per heavy atom. The molecule has 27 heavy (non-hydrogen) atoms. The third kappa shape index (κ3) is 2.94. The molecule has 6 nitrogen and oxygen atoms in total. The number of allylic oxidation sites excluding steroid dienone is 1. The van der Waals surface area contributed by atoms with Gasteiger partial charge in [0.1, 0.15) is 23.0 Å². The second-order valence-electron chi connectivity index (χ2n) is 5.79. The highest BCUT2D eigenvalue weighted by molar-refractivity contribution is 9.10. The van der Waals surface area contributed by atoms with Gasteiger partial charge in [0.05, 0.1) is 16.9 Å². The molecule has 1 aliphatic heterocycles. The van der Waals surface area contributed by atoms with Gasteiger partial charge in [0.2, 0.25) is 5.88 Å². The summed E-state index contributed by atoms with van der Waals surface area (Å²) >= 11 is 3.37. The number of aromatic hydroxyl groups is 1. The highest BCUT2D eigenvalue weighted by atomic mass is 79.9. The number of nitrogens with zero attached hydrogens (tertiary/aromatic N) is 1. The summed E-state index contributed by atoms with van der Waals surface area (Å²) in [6.07, 6.45) is 0. The number of phenols is 1. The van der Waals surface area contributed by atoms with Crippen molar-refractivity contribution in [2.75, 3.05) is 0 Å². The fraction of sp³-hybridized carbons (Fsp3) is 0.100. The first-order valence-electron chi connectivity index (χ1n) is 7.62. The van der Waals surface area contributed by atoms with Crippen LogP contribution in [-0.2, 0) is 0 Å². The van der Waals surface area contributed by atoms with E-state index in [4.69, 9.17) is 14.9 Å². The fourth-order valence-corrected chi connectivity index (χ4v) is 3.36. The summed E-state index contributed by atoms with van der Waals surface area (Å²) in [5.41, 5.74) is 6.62. The van der Waals surface area contributed by atoms with Crippen LogP contribution in [0.1, 0.15) is 24.5 Å². The molecule has 7 heteroatoms. The van der Waals surface area contributed by atoms with E-state index >= 15 is 0 Å². The Hall–Kier alpha value is -3.24. The van der Waals surface area contributed by atoms with Crippen LogP contribution in [-0.4, -0.2) is 5.11 Å². The van der Waals surface area contributed by atoms with E-state index in [0.717, 1.165) is 4.47 Å². The van der Waals surface area contributed by atoms with Crippen molar-refractivity contribution in [2.45, 2.75) is 13.3 Å². The molecule has 1 atom stereocenters. The smallest absolute Gasteiger partial charge is 0.344 e. The standard InChI is InChI=1S/C19H11BrN2O4.CH4/c20-10-3-1-9(2-4-10)15-13(8-21)18(22)26-17-12-7-11(23)5-6-14(12)25-19(24)16(15)17;/h1-7,15,23H,22H2;1H4. The molecule has 1 aromatic heterocycles. The third-order valence-corrected chi connectivity index (χ3v) is 4.78. The Morgan fingerprint density at radius 2 is 1.89 bits per heavy atom. The van der Waals surface area contributed by atoms with Crippen LogP contribution in [0.25, 0.3) is 11.0 Å². The van der Waals surface area contributed by atoms with Gasteiger partial charge >= 0.3 is 5.63 Å². The molecule has 0 aliphatic carbocycles. The summed E-state index contributed by atoms with van der Waals surface area (Å²) in [7, 11) is 0. The number of ether oxygens (including phenoxy) is 1. The van der Waals surface area contributed by atoms with E-state index < -0.39 is 11.5 Å². The lowest BCUT2D eigenvalue weighted by atomic mass is 9.84. The molecule has 0 saturated heterocycles. The third-order valence-electron chi connectivity index (χ3n) is 4.25. The molecule has 2 heterocycles. The lowest BCUT2D eigenvalue weighted by Gasteiger charge is -2.26. The van der Waals surface area contributed by atoms with Crippen LogP contribution >= 0.6 is 15.9 Å². The van der Waals surface area contributed by atoms with Gasteiger partial charge in [-0.1, -0.05) is 35.5 Å². The largest absolute Gasteiger partial charge is 0.508 e. The van der Waals surface area contributed by atoms with Crippen molar-refractivity contribution in [3.8, 4) is 17.6 Å². The maximum atomic E-state index is 12.7. The van der Waals surface area contributed by atoms with Crippen molar-refractivity contribution in [2.24, 2.45) is 5.73 Å². The van der Waals surface area contributed by atoms with Crippen LogP contribution < -0.4 is 16.1 Å². The van der Waals surface area contributed by atoms with E-state index in [0.29, 0.717) is 10.9 Å². The zero-order valence-electron chi connectivity index (χ0n) is 13.2. The van der Waals surface area contributed by atoms with Gasteiger partial charge in [0.15, 0.2) is 5.75 Å². The predicted molar refractivity (Wildman–Crippen MR) is 104 cm³/mol. The quantitative estimate of drug-likeness (QED) is 0.566. The molecule has 136 valence electrons. The average molecular weight is 427 g/mol. The van der Waals surface area contributed by atoms with Gasteiger partial charge in [-0.15, -0.1) is 0 Å². The number of fused-ring (bicyclic) bond motifs is 3. The monoisotopic (exact) mass is 426 g/mol. The van der Waals surface area contributed by atoms with E-state index in [2.05, 4.69) is 15.9 Å². The van der Waals surface area contributed by atoms with Crippen LogP contribution in [0.2, 0.25) is 0 Å². The Kier molecular flexibility index (Phi) is 4.68. The molecule has 0 spiro atoms. The number of rotatable bonds is 1. The van der Waals surface area contributed by atoms with E-state index in [-0.39, 0.29) is 41.5 Å². The molecular weight excluding hydrogens is 412 g/mol. The molecule has 3 N–H and O–H groups in total. The highest BCUT2D eigenvalue weighted by Gasteiger charge is 2.35. The molecule has 0 amide bonds. The van der Waals surface area contributed by atoms with Crippen LogP contribution in [0.4, 0.5) is 0 Å². The van der Waals surface area contributed by atoms with E-state index in [1.54, 1.807) is 12.1 Å². The summed E-state index contributed by atoms with van der Waals surface area (Å²) in [6, 6.07) is 13.6. The van der Waals surface area contributed by atoms with Crippen LogP contribution in [0.15, 0.2) is 67.6 Å². The van der Waals surface area contributed by atoms with Crippen molar-refractivity contribution < 1.29 is 14.3 Å². The number of nitriles is 1. The minimum atomic E-state index is -0.722. The van der Waals surface area contributed by atoms with E-state index in [9.17, 15) is 15.2 Å². The first-order valence-corrected chi connectivity index (χ1v) is 8.41. The van der Waals surface area contributed by atoms with Gasteiger partial charge in [-0.3, -0.25) is 0 Å². The Balaban J connectivity index is 0.00000210. The minimum Gasteiger partial charge on any atom is -0.508 e. The molecule has 0 bridgehead atoms. The van der Waals surface area contributed by atoms with Crippen molar-refractivity contribution in [3.63, 3.8) is 0 Å². The van der Waals surface area contributed by atoms with Gasteiger partial charge in [-0.2, -0.15) is 5.26 Å². The zero-order valence-corrected chi connectivity index (χ0v) is 14.8. The van der Waals surface area contributed by atoms with E-state index in [1.165, 1.54) is 18.2 Å². The second-order valence-corrected chi connectivity index (χ2v) is 6.70. The first-order chi connectivity index (χ1) is 12.5. The highest BCUT2D eigenvalue weighted by Crippen LogP contribution is 2.44. The van der Waals surface area contributed by atoms with Gasteiger partial charge in [0, 0.05) is 4.47 Å². The van der Waals surface area contributed by atoms with Gasteiger partial charge in [0.25, 0.3) is 0 Å². The maximum absolute atomic E-state index is 12.7. The number of phenolic OH excluding ortho intramolecular Hbond substituents is 1. The van der Waals surface area contributed by atoms with Gasteiger partial charge < -0.3 is 20.0 Å². The van der Waals surface area contributed by atoms with Gasteiger partial charge in [-0.25, -0.2) is 4.79 Å². The molecule has 1 aliphatic rings. The average Bonchev–Trinajstić information content (AvgIpc) is 2.62. The summed E-state index contributed by atoms with van der Waals surface area (Å²) in [4.78, 5) is 12.7. The molecule has 0 fully saturated rings. The Morgan fingerprint density at radius 1 is 1.19 bits per heavy atom. The van der Waals surface area contributed by atoms with Crippen molar-refractivity contribution in [1.29, 1.82) is 5.26 Å². The molecule has 0 saturated carbocycles. The summed E-state index contributed by atoms with van der Waals surface area (Å²) < 4.78 is 11.9. The van der Waals surface area contributed by atoms with Crippen molar-refractivity contribution in [1.82, 2.24) is 0 Å². The molecule has 2 aromatic carbocycles. The lowest BCUT2D eigenvalue weighted by molar-refractivity contribution is 0.387. The maximum Gasteiger partial charge on any atom is 0.344 e. The summed E-state index contributed by atoms with van der Waals surface area (Å²) in [6.45, 7) is 0. The number of hydrogen-bond donors (Lipinski definition) is 2. The normalized spacial score (nSPS) is 15.5. The van der Waals surface area contributed by atoms with E-state index in [1.807, 2.05) is 18.2 Å². The minimum absolute atomic E-state index is 0. The molecule has 3 aromatic rings. The fourth-order valence-electron chi connectivity index (χ4n) is 3.10. The molecule has 4 rings (SSSR count). The molecule has 0 radical (unpaired) electrons. The lowest BCUT2D eigenvalue weighted by Crippen LogP contribution is -2.26. The van der Waals surface area contributed by atoms with Crippen LogP contribution in [0.5, 0.6) is 11.5 Å². The van der Waals surface area contributed by atoms with Crippen LogP contribution in [0.3, 0.4) is 0 Å². The summed E-state index contributed by atoms with van der Waals surface area (Å²) in [5, 5.41) is 19.8.